The molecule has 1 aromatic heterocycles. The summed E-state index contributed by atoms with van der Waals surface area (Å²) in [6, 6.07) is 11.2. The van der Waals surface area contributed by atoms with Crippen LogP contribution in [0.15, 0.2) is 42.6 Å². The van der Waals surface area contributed by atoms with E-state index in [-0.39, 0.29) is 17.7 Å². The summed E-state index contributed by atoms with van der Waals surface area (Å²) in [4.78, 5) is 19.3. The average Bonchev–Trinajstić information content (AvgIpc) is 2.67. The second-order valence-corrected chi connectivity index (χ2v) is 6.50. The summed E-state index contributed by atoms with van der Waals surface area (Å²) in [7, 11) is 1.79. The molecule has 132 valence electrons. The van der Waals surface area contributed by atoms with Gasteiger partial charge in [0.15, 0.2) is 0 Å². The highest BCUT2D eigenvalue weighted by molar-refractivity contribution is 5.98. The van der Waals surface area contributed by atoms with Crippen LogP contribution in [0.5, 0.6) is 5.75 Å². The molecular formula is C20H25N3O2. The number of aryl methyl sites for hydroxylation is 1. The molecule has 1 fully saturated rings. The number of benzene rings is 1. The van der Waals surface area contributed by atoms with Crippen LogP contribution in [0.2, 0.25) is 0 Å². The maximum Gasteiger partial charge on any atom is 0.257 e. The fourth-order valence-electron chi connectivity index (χ4n) is 3.50. The summed E-state index contributed by atoms with van der Waals surface area (Å²) >= 11 is 0. The van der Waals surface area contributed by atoms with Crippen LogP contribution < -0.4 is 5.32 Å². The van der Waals surface area contributed by atoms with Crippen LogP contribution in [0.4, 0.5) is 5.82 Å². The molecule has 5 nitrogen and oxygen atoms in total. The quantitative estimate of drug-likeness (QED) is 0.875. The van der Waals surface area contributed by atoms with Crippen LogP contribution in [-0.4, -0.2) is 40.5 Å². The van der Waals surface area contributed by atoms with Crippen molar-refractivity contribution in [1.82, 2.24) is 9.88 Å². The van der Waals surface area contributed by atoms with Gasteiger partial charge in [-0.2, -0.15) is 0 Å². The number of aromatic hydroxyl groups is 1. The molecule has 1 aromatic carbocycles. The summed E-state index contributed by atoms with van der Waals surface area (Å²) in [5, 5.41) is 12.4. The van der Waals surface area contributed by atoms with Gasteiger partial charge in [-0.1, -0.05) is 12.1 Å². The van der Waals surface area contributed by atoms with Crippen molar-refractivity contribution in [2.75, 3.05) is 18.9 Å². The van der Waals surface area contributed by atoms with Gasteiger partial charge in [-0.25, -0.2) is 4.98 Å². The van der Waals surface area contributed by atoms with E-state index in [1.54, 1.807) is 25.4 Å². The summed E-state index contributed by atoms with van der Waals surface area (Å²) in [6.07, 6.45) is 6.79. The molecular weight excluding hydrogens is 314 g/mol. The van der Waals surface area contributed by atoms with Gasteiger partial charge in [0.05, 0.1) is 5.56 Å². The molecule has 0 saturated carbocycles. The molecule has 0 radical (unpaired) electrons. The molecule has 3 rings (SSSR count). The number of phenols is 1. The molecule has 2 heterocycles. The summed E-state index contributed by atoms with van der Waals surface area (Å²) in [6.45, 7) is 0.803. The Labute approximate surface area is 148 Å². The zero-order chi connectivity index (χ0) is 17.6. The number of anilines is 1. The third-order valence-corrected chi connectivity index (χ3v) is 4.87. The molecule has 1 unspecified atom stereocenters. The molecule has 0 spiro atoms. The lowest BCUT2D eigenvalue weighted by Gasteiger charge is -2.36. The Morgan fingerprint density at radius 2 is 2.08 bits per heavy atom. The monoisotopic (exact) mass is 339 g/mol. The van der Waals surface area contributed by atoms with Crippen LogP contribution >= 0.6 is 0 Å². The number of nitrogens with one attached hydrogen (secondary N) is 1. The molecule has 0 aliphatic carbocycles. The average molecular weight is 339 g/mol. The van der Waals surface area contributed by atoms with E-state index in [2.05, 4.69) is 10.3 Å². The predicted molar refractivity (Wildman–Crippen MR) is 98.9 cm³/mol. The maximum absolute atomic E-state index is 13.1. The number of carbonyl (C=O) groups excluding carboxylic acids is 1. The second kappa shape index (κ2) is 8.01. The van der Waals surface area contributed by atoms with E-state index >= 15 is 0 Å². The van der Waals surface area contributed by atoms with E-state index in [0.29, 0.717) is 11.4 Å². The van der Waals surface area contributed by atoms with Crippen molar-refractivity contribution in [3.8, 4) is 5.75 Å². The Kier molecular flexibility index (Phi) is 5.53. The molecule has 0 bridgehead atoms. The SMILES string of the molecule is CNc1ncccc1C(=O)N1CCCCC1CCc1ccc(O)cc1. The maximum atomic E-state index is 13.1. The zero-order valence-electron chi connectivity index (χ0n) is 14.6. The number of likely N-dealkylation sites (tertiary alicyclic amines) is 1. The Hall–Kier alpha value is -2.56. The number of nitrogens with zero attached hydrogens (tertiary/aromatic N) is 2. The molecule has 1 aliphatic rings. The lowest BCUT2D eigenvalue weighted by Crippen LogP contribution is -2.44. The van der Waals surface area contributed by atoms with Gasteiger partial charge < -0.3 is 15.3 Å². The van der Waals surface area contributed by atoms with Gasteiger partial charge in [-0.05, 0) is 61.9 Å². The highest BCUT2D eigenvalue weighted by Gasteiger charge is 2.28. The fourth-order valence-corrected chi connectivity index (χ4v) is 3.50. The van der Waals surface area contributed by atoms with Gasteiger partial charge in [0.25, 0.3) is 5.91 Å². The molecule has 1 aliphatic heterocycles. The van der Waals surface area contributed by atoms with Crippen LogP contribution in [0.1, 0.15) is 41.6 Å². The Morgan fingerprint density at radius 1 is 1.28 bits per heavy atom. The van der Waals surface area contributed by atoms with Crippen molar-refractivity contribution in [2.45, 2.75) is 38.1 Å². The van der Waals surface area contributed by atoms with Crippen LogP contribution in [0.3, 0.4) is 0 Å². The van der Waals surface area contributed by atoms with Crippen molar-refractivity contribution in [1.29, 1.82) is 0 Å². The third-order valence-electron chi connectivity index (χ3n) is 4.87. The second-order valence-electron chi connectivity index (χ2n) is 6.50. The van der Waals surface area contributed by atoms with E-state index in [4.69, 9.17) is 0 Å². The predicted octanol–water partition coefficient (Wildman–Crippen LogP) is 3.46. The summed E-state index contributed by atoms with van der Waals surface area (Å²) in [5.74, 6) is 0.984. The molecule has 1 atom stereocenters. The Balaban J connectivity index is 1.71. The van der Waals surface area contributed by atoms with Gasteiger partial charge >= 0.3 is 0 Å². The first kappa shape index (κ1) is 17.3. The summed E-state index contributed by atoms with van der Waals surface area (Å²) in [5.41, 5.74) is 1.83. The lowest BCUT2D eigenvalue weighted by atomic mass is 9.95. The van der Waals surface area contributed by atoms with Crippen molar-refractivity contribution in [2.24, 2.45) is 0 Å². The van der Waals surface area contributed by atoms with Gasteiger partial charge in [-0.15, -0.1) is 0 Å². The van der Waals surface area contributed by atoms with Crippen molar-refractivity contribution in [3.63, 3.8) is 0 Å². The van der Waals surface area contributed by atoms with E-state index in [1.807, 2.05) is 29.2 Å². The first-order valence-electron chi connectivity index (χ1n) is 8.90. The molecule has 1 amide bonds. The number of piperidine rings is 1. The highest BCUT2D eigenvalue weighted by atomic mass is 16.3. The standard InChI is InChI=1S/C20H25N3O2/c1-21-19-18(6-4-13-22-19)20(25)23-14-3-2-5-16(23)10-7-15-8-11-17(24)12-9-15/h4,6,8-9,11-13,16,24H,2-3,5,7,10,14H2,1H3,(H,21,22). The number of hydrogen-bond acceptors (Lipinski definition) is 4. The number of hydrogen-bond donors (Lipinski definition) is 2. The van der Waals surface area contributed by atoms with Crippen molar-refractivity contribution in [3.05, 3.63) is 53.7 Å². The number of amides is 1. The number of carbonyl (C=O) groups is 1. The molecule has 2 N–H and O–H groups in total. The van der Waals surface area contributed by atoms with Gasteiger partial charge in [0.2, 0.25) is 0 Å². The first-order valence-corrected chi connectivity index (χ1v) is 8.90. The molecule has 2 aromatic rings. The van der Waals surface area contributed by atoms with Gasteiger partial charge in [-0.3, -0.25) is 4.79 Å². The minimum absolute atomic E-state index is 0.0628. The molecule has 1 saturated heterocycles. The highest BCUT2D eigenvalue weighted by Crippen LogP contribution is 2.25. The van der Waals surface area contributed by atoms with Gasteiger partial charge in [0, 0.05) is 25.8 Å². The van der Waals surface area contributed by atoms with Crippen LogP contribution in [0.25, 0.3) is 0 Å². The topological polar surface area (TPSA) is 65.5 Å². The minimum atomic E-state index is 0.0628. The van der Waals surface area contributed by atoms with E-state index in [0.717, 1.165) is 38.6 Å². The first-order chi connectivity index (χ1) is 12.2. The van der Waals surface area contributed by atoms with E-state index in [9.17, 15) is 9.90 Å². The zero-order valence-corrected chi connectivity index (χ0v) is 14.6. The minimum Gasteiger partial charge on any atom is -0.508 e. The van der Waals surface area contributed by atoms with Crippen molar-refractivity contribution >= 4 is 11.7 Å². The van der Waals surface area contributed by atoms with Crippen LogP contribution in [0, 0.1) is 0 Å². The Bertz CT molecular complexity index is 715. The molecule has 25 heavy (non-hydrogen) atoms. The number of aromatic nitrogens is 1. The fraction of sp³-hybridized carbons (Fsp3) is 0.400. The third kappa shape index (κ3) is 4.10. The summed E-state index contributed by atoms with van der Waals surface area (Å²) < 4.78 is 0. The number of rotatable bonds is 5. The van der Waals surface area contributed by atoms with E-state index < -0.39 is 0 Å². The lowest BCUT2D eigenvalue weighted by molar-refractivity contribution is 0.0602. The van der Waals surface area contributed by atoms with Crippen LogP contribution in [-0.2, 0) is 6.42 Å². The number of phenolic OH excluding ortho intramolecular Hbond substituents is 1. The largest absolute Gasteiger partial charge is 0.508 e. The normalized spacial score (nSPS) is 17.3. The van der Waals surface area contributed by atoms with Crippen molar-refractivity contribution < 1.29 is 9.90 Å². The smallest absolute Gasteiger partial charge is 0.257 e. The van der Waals surface area contributed by atoms with Gasteiger partial charge in [0.1, 0.15) is 11.6 Å². The molecule has 5 heteroatoms. The number of pyridine rings is 1. The Morgan fingerprint density at radius 3 is 2.84 bits per heavy atom. The van der Waals surface area contributed by atoms with E-state index in [1.165, 1.54) is 5.56 Å².